The molecular weight excluding hydrogens is 252 g/mol. The molecule has 7 heteroatoms. The number of anilines is 2. The van der Waals surface area contributed by atoms with Gasteiger partial charge in [0.15, 0.2) is 0 Å². The fourth-order valence-corrected chi connectivity index (χ4v) is 2.50. The largest absolute Gasteiger partial charge is 0.383 e. The van der Waals surface area contributed by atoms with Gasteiger partial charge < -0.3 is 5.73 Å². The topological polar surface area (TPSA) is 98.0 Å². The van der Waals surface area contributed by atoms with E-state index in [4.69, 9.17) is 5.73 Å². The van der Waals surface area contributed by atoms with Gasteiger partial charge in [-0.2, -0.15) is 0 Å². The number of nitrogens with zero attached hydrogens (tertiary/aromatic N) is 2. The molecule has 2 heterocycles. The SMILES string of the molecule is Cc1ccc(NS(=O)(=O)c2cccnc2N)cn1. The second-order valence-corrected chi connectivity index (χ2v) is 5.33. The standard InChI is InChI=1S/C11H12N4O2S/c1-8-4-5-9(7-14-8)15-18(16,17)10-3-2-6-13-11(10)12/h2-7,15H,1H3,(H2,12,13). The maximum Gasteiger partial charge on any atom is 0.265 e. The van der Waals surface area contributed by atoms with Gasteiger partial charge in [-0.1, -0.05) is 0 Å². The molecule has 0 radical (unpaired) electrons. The predicted molar refractivity (Wildman–Crippen MR) is 68.4 cm³/mol. The van der Waals surface area contributed by atoms with E-state index in [0.717, 1.165) is 5.69 Å². The molecule has 94 valence electrons. The molecule has 0 aliphatic carbocycles. The van der Waals surface area contributed by atoms with Crippen molar-refractivity contribution >= 4 is 21.5 Å². The van der Waals surface area contributed by atoms with Crippen molar-refractivity contribution in [3.63, 3.8) is 0 Å². The number of sulfonamides is 1. The second-order valence-electron chi connectivity index (χ2n) is 3.68. The monoisotopic (exact) mass is 264 g/mol. The fraction of sp³-hybridized carbons (Fsp3) is 0.0909. The minimum Gasteiger partial charge on any atom is -0.383 e. The van der Waals surface area contributed by atoms with Gasteiger partial charge in [0.1, 0.15) is 10.7 Å². The van der Waals surface area contributed by atoms with Crippen LogP contribution in [0.4, 0.5) is 11.5 Å². The van der Waals surface area contributed by atoms with Crippen molar-refractivity contribution in [2.45, 2.75) is 11.8 Å². The molecule has 0 aliphatic rings. The second kappa shape index (κ2) is 4.61. The van der Waals surface area contributed by atoms with Gasteiger partial charge in [-0.3, -0.25) is 9.71 Å². The van der Waals surface area contributed by atoms with E-state index in [9.17, 15) is 8.42 Å². The van der Waals surface area contributed by atoms with Crippen LogP contribution in [0.25, 0.3) is 0 Å². The van der Waals surface area contributed by atoms with Crippen LogP contribution in [0.3, 0.4) is 0 Å². The number of nitrogens with one attached hydrogen (secondary N) is 1. The summed E-state index contributed by atoms with van der Waals surface area (Å²) in [6.07, 6.45) is 2.88. The highest BCUT2D eigenvalue weighted by Gasteiger charge is 2.17. The number of hydrogen-bond donors (Lipinski definition) is 2. The molecule has 2 aromatic rings. The van der Waals surface area contributed by atoms with Crippen LogP contribution in [0.15, 0.2) is 41.6 Å². The zero-order valence-electron chi connectivity index (χ0n) is 9.66. The number of hydrogen-bond acceptors (Lipinski definition) is 5. The molecule has 0 amide bonds. The van der Waals surface area contributed by atoms with Crippen LogP contribution in [-0.4, -0.2) is 18.4 Å². The van der Waals surface area contributed by atoms with Crippen LogP contribution in [0, 0.1) is 6.92 Å². The fourth-order valence-electron chi connectivity index (χ4n) is 1.37. The van der Waals surface area contributed by atoms with Crippen LogP contribution < -0.4 is 10.5 Å². The van der Waals surface area contributed by atoms with Crippen molar-refractivity contribution in [3.05, 3.63) is 42.4 Å². The first-order valence-electron chi connectivity index (χ1n) is 5.15. The predicted octanol–water partition coefficient (Wildman–Crippen LogP) is 1.17. The molecule has 2 rings (SSSR count). The molecule has 0 aliphatic heterocycles. The third kappa shape index (κ3) is 2.57. The normalized spacial score (nSPS) is 11.2. The van der Waals surface area contributed by atoms with Gasteiger partial charge >= 0.3 is 0 Å². The lowest BCUT2D eigenvalue weighted by Crippen LogP contribution is -2.15. The van der Waals surface area contributed by atoms with Crippen molar-refractivity contribution in [1.82, 2.24) is 9.97 Å². The van der Waals surface area contributed by atoms with Gasteiger partial charge in [0.2, 0.25) is 0 Å². The molecule has 6 nitrogen and oxygen atoms in total. The Morgan fingerprint density at radius 2 is 2.00 bits per heavy atom. The van der Waals surface area contributed by atoms with Crippen LogP contribution in [-0.2, 0) is 10.0 Å². The first-order valence-corrected chi connectivity index (χ1v) is 6.63. The summed E-state index contributed by atoms with van der Waals surface area (Å²) >= 11 is 0. The molecule has 0 spiro atoms. The summed E-state index contributed by atoms with van der Waals surface area (Å²) in [6, 6.07) is 6.25. The average Bonchev–Trinajstić information content (AvgIpc) is 2.32. The van der Waals surface area contributed by atoms with Gasteiger partial charge in [0.05, 0.1) is 11.9 Å². The molecule has 0 saturated carbocycles. The molecular formula is C11H12N4O2S. The smallest absolute Gasteiger partial charge is 0.265 e. The lowest BCUT2D eigenvalue weighted by Gasteiger charge is -2.09. The van der Waals surface area contributed by atoms with E-state index in [1.54, 1.807) is 12.1 Å². The summed E-state index contributed by atoms with van der Waals surface area (Å²) in [5.41, 5.74) is 6.72. The summed E-state index contributed by atoms with van der Waals surface area (Å²) in [6.45, 7) is 1.82. The van der Waals surface area contributed by atoms with Gasteiger partial charge in [-0.15, -0.1) is 0 Å². The summed E-state index contributed by atoms with van der Waals surface area (Å²) in [4.78, 5) is 7.70. The minimum atomic E-state index is -3.73. The van der Waals surface area contributed by atoms with Crippen molar-refractivity contribution in [2.75, 3.05) is 10.5 Å². The number of aryl methyl sites for hydroxylation is 1. The zero-order chi connectivity index (χ0) is 13.2. The third-order valence-corrected chi connectivity index (χ3v) is 3.68. The number of nitrogen functional groups attached to an aromatic ring is 1. The van der Waals surface area contributed by atoms with E-state index in [2.05, 4.69) is 14.7 Å². The van der Waals surface area contributed by atoms with Gasteiger partial charge in [0, 0.05) is 11.9 Å². The lowest BCUT2D eigenvalue weighted by molar-refractivity contribution is 0.601. The molecule has 0 bridgehead atoms. The Balaban J connectivity index is 2.33. The molecule has 0 saturated heterocycles. The molecule has 3 N–H and O–H groups in total. The Morgan fingerprint density at radius 1 is 1.22 bits per heavy atom. The Labute approximate surface area is 105 Å². The maximum atomic E-state index is 12.0. The van der Waals surface area contributed by atoms with E-state index in [1.807, 2.05) is 6.92 Å². The van der Waals surface area contributed by atoms with E-state index < -0.39 is 10.0 Å². The minimum absolute atomic E-state index is 0.0370. The Morgan fingerprint density at radius 3 is 2.61 bits per heavy atom. The molecule has 0 aromatic carbocycles. The summed E-state index contributed by atoms with van der Waals surface area (Å²) < 4.78 is 26.5. The molecule has 18 heavy (non-hydrogen) atoms. The van der Waals surface area contributed by atoms with Crippen LogP contribution in [0.2, 0.25) is 0 Å². The average molecular weight is 264 g/mol. The zero-order valence-corrected chi connectivity index (χ0v) is 10.5. The number of rotatable bonds is 3. The van der Waals surface area contributed by atoms with Gasteiger partial charge in [-0.05, 0) is 31.2 Å². The van der Waals surface area contributed by atoms with Crippen molar-refractivity contribution in [1.29, 1.82) is 0 Å². The first kappa shape index (κ1) is 12.3. The summed E-state index contributed by atoms with van der Waals surface area (Å²) in [5, 5.41) is 0. The van der Waals surface area contributed by atoms with E-state index >= 15 is 0 Å². The highest BCUT2D eigenvalue weighted by Crippen LogP contribution is 2.18. The van der Waals surface area contributed by atoms with Gasteiger partial charge in [-0.25, -0.2) is 13.4 Å². The van der Waals surface area contributed by atoms with Crippen molar-refractivity contribution in [3.8, 4) is 0 Å². The van der Waals surface area contributed by atoms with Crippen LogP contribution in [0.5, 0.6) is 0 Å². The third-order valence-electron chi connectivity index (χ3n) is 2.25. The molecule has 0 unspecified atom stereocenters. The summed E-state index contributed by atoms with van der Waals surface area (Å²) in [7, 11) is -3.73. The quantitative estimate of drug-likeness (QED) is 0.867. The van der Waals surface area contributed by atoms with Crippen LogP contribution in [0.1, 0.15) is 5.69 Å². The molecule has 0 atom stereocenters. The summed E-state index contributed by atoms with van der Waals surface area (Å²) in [5.74, 6) is -0.0370. The van der Waals surface area contributed by atoms with E-state index in [-0.39, 0.29) is 10.7 Å². The number of nitrogens with two attached hydrogens (primary N) is 1. The number of pyridine rings is 2. The highest BCUT2D eigenvalue weighted by molar-refractivity contribution is 7.92. The molecule has 0 fully saturated rings. The van der Waals surface area contributed by atoms with E-state index in [1.165, 1.54) is 24.5 Å². The van der Waals surface area contributed by atoms with Crippen molar-refractivity contribution < 1.29 is 8.42 Å². The number of aromatic nitrogens is 2. The highest BCUT2D eigenvalue weighted by atomic mass is 32.2. The lowest BCUT2D eigenvalue weighted by atomic mass is 10.4. The maximum absolute atomic E-state index is 12.0. The van der Waals surface area contributed by atoms with Crippen LogP contribution >= 0.6 is 0 Å². The molecule has 2 aromatic heterocycles. The van der Waals surface area contributed by atoms with Crippen molar-refractivity contribution in [2.24, 2.45) is 0 Å². The Hall–Kier alpha value is -2.15. The first-order chi connectivity index (χ1) is 8.49. The van der Waals surface area contributed by atoms with E-state index in [0.29, 0.717) is 5.69 Å². The Kier molecular flexibility index (Phi) is 3.15. The Bertz CT molecular complexity index is 653. The van der Waals surface area contributed by atoms with Gasteiger partial charge in [0.25, 0.3) is 10.0 Å².